The zero-order chi connectivity index (χ0) is 37.0. The molecule has 1 N–H and O–H groups in total. The first kappa shape index (κ1) is 33.6. The maximum absolute atomic E-state index is 3.86. The second-order valence-electron chi connectivity index (χ2n) is 16.3. The summed E-state index contributed by atoms with van der Waals surface area (Å²) >= 11 is 0. The van der Waals surface area contributed by atoms with Gasteiger partial charge in [-0.05, 0) is 113 Å². The fraction of sp³-hybridized carbons (Fsp3) is 0.132. The smallest absolute Gasteiger partial charge is 0.0464 e. The molecule has 8 aromatic rings. The molecule has 1 heteroatoms. The summed E-state index contributed by atoms with van der Waals surface area (Å²) in [5.41, 5.74) is 18.6. The van der Waals surface area contributed by atoms with E-state index in [9.17, 15) is 0 Å². The zero-order valence-corrected chi connectivity index (χ0v) is 31.7. The molecule has 8 aromatic carbocycles. The van der Waals surface area contributed by atoms with Crippen molar-refractivity contribution in [2.24, 2.45) is 0 Å². The first-order valence-corrected chi connectivity index (χ1v) is 19.1. The molecule has 262 valence electrons. The normalized spacial score (nSPS) is 13.1. The van der Waals surface area contributed by atoms with Crippen molar-refractivity contribution in [3.05, 3.63) is 193 Å². The second-order valence-corrected chi connectivity index (χ2v) is 16.3. The van der Waals surface area contributed by atoms with Crippen molar-refractivity contribution in [1.29, 1.82) is 0 Å². The van der Waals surface area contributed by atoms with Crippen molar-refractivity contribution in [2.45, 2.75) is 45.4 Å². The summed E-state index contributed by atoms with van der Waals surface area (Å²) in [6, 6.07) is 64.6. The minimum Gasteiger partial charge on any atom is -0.355 e. The third kappa shape index (κ3) is 5.91. The molecule has 0 spiro atoms. The summed E-state index contributed by atoms with van der Waals surface area (Å²) in [7, 11) is 0. The predicted octanol–water partition coefficient (Wildman–Crippen LogP) is 14.9. The van der Waals surface area contributed by atoms with E-state index in [4.69, 9.17) is 0 Å². The highest BCUT2D eigenvalue weighted by Gasteiger charge is 2.39. The van der Waals surface area contributed by atoms with Crippen LogP contribution in [0.3, 0.4) is 0 Å². The van der Waals surface area contributed by atoms with Crippen LogP contribution in [-0.4, -0.2) is 0 Å². The number of para-hydroxylation sites is 1. The molecule has 0 atom stereocenters. The molecule has 54 heavy (non-hydrogen) atoms. The number of rotatable bonds is 6. The van der Waals surface area contributed by atoms with Gasteiger partial charge in [-0.1, -0.05) is 180 Å². The van der Waals surface area contributed by atoms with E-state index < -0.39 is 0 Å². The van der Waals surface area contributed by atoms with Gasteiger partial charge in [0.2, 0.25) is 0 Å². The molecule has 0 fully saturated rings. The molecule has 0 aliphatic heterocycles. The lowest BCUT2D eigenvalue weighted by atomic mass is 9.78. The molecule has 1 nitrogen and oxygen atoms in total. The van der Waals surface area contributed by atoms with Crippen molar-refractivity contribution >= 4 is 22.1 Å². The standard InChI is InChI=1S/C53H45N/c1-52(2,3)42-26-29-45-48(34-42)53(4,5)47-31-30-44(41-19-13-18-39(33-41)35-14-7-6-8-15-35)50(51(45)47)46-20-11-12-21-49(46)54-43-27-24-37(25-28-43)40-23-22-36-16-9-10-17-38(36)32-40/h6-34,54H,1-5H3. The van der Waals surface area contributed by atoms with Crippen molar-refractivity contribution in [3.63, 3.8) is 0 Å². The molecule has 0 radical (unpaired) electrons. The minimum atomic E-state index is -0.147. The Balaban J connectivity index is 1.20. The first-order chi connectivity index (χ1) is 26.1. The van der Waals surface area contributed by atoms with E-state index in [1.807, 2.05) is 0 Å². The minimum absolute atomic E-state index is 0.0616. The number of hydrogen-bond donors (Lipinski definition) is 1. The van der Waals surface area contributed by atoms with Gasteiger partial charge >= 0.3 is 0 Å². The summed E-state index contributed by atoms with van der Waals surface area (Å²) in [5.74, 6) is 0. The van der Waals surface area contributed by atoms with E-state index in [2.05, 4.69) is 216 Å². The third-order valence-electron chi connectivity index (χ3n) is 11.4. The van der Waals surface area contributed by atoms with Crippen LogP contribution in [0.4, 0.5) is 11.4 Å². The average molecular weight is 696 g/mol. The van der Waals surface area contributed by atoms with Gasteiger partial charge in [-0.15, -0.1) is 0 Å². The second kappa shape index (κ2) is 13.0. The van der Waals surface area contributed by atoms with E-state index in [0.29, 0.717) is 0 Å². The summed E-state index contributed by atoms with van der Waals surface area (Å²) in [6.45, 7) is 11.7. The van der Waals surface area contributed by atoms with Gasteiger partial charge in [-0.3, -0.25) is 0 Å². The number of anilines is 2. The highest BCUT2D eigenvalue weighted by molar-refractivity contribution is 6.03. The van der Waals surface area contributed by atoms with Gasteiger partial charge in [0, 0.05) is 22.4 Å². The monoisotopic (exact) mass is 695 g/mol. The van der Waals surface area contributed by atoms with Gasteiger partial charge in [0.25, 0.3) is 0 Å². The quantitative estimate of drug-likeness (QED) is 0.183. The Morgan fingerprint density at radius 2 is 1.04 bits per heavy atom. The molecular formula is C53H45N. The van der Waals surface area contributed by atoms with Crippen LogP contribution in [0.25, 0.3) is 66.4 Å². The van der Waals surface area contributed by atoms with Gasteiger partial charge < -0.3 is 5.32 Å². The summed E-state index contributed by atoms with van der Waals surface area (Å²) in [4.78, 5) is 0. The molecule has 1 aliphatic rings. The molecule has 9 rings (SSSR count). The summed E-state index contributed by atoms with van der Waals surface area (Å²) in [5, 5.41) is 6.38. The van der Waals surface area contributed by atoms with Gasteiger partial charge in [0.1, 0.15) is 0 Å². The molecule has 0 amide bonds. The SMILES string of the molecule is CC(C)(C)c1ccc2c(c1)C(C)(C)c1ccc(-c3cccc(-c4ccccc4)c3)c(-c3ccccc3Nc3ccc(-c4ccc5ccccc5c4)cc3)c1-2. The van der Waals surface area contributed by atoms with Gasteiger partial charge in [0.15, 0.2) is 0 Å². The molecule has 0 aromatic heterocycles. The van der Waals surface area contributed by atoms with E-state index in [1.165, 1.54) is 83.1 Å². The van der Waals surface area contributed by atoms with Crippen LogP contribution < -0.4 is 5.32 Å². The largest absolute Gasteiger partial charge is 0.355 e. The highest BCUT2D eigenvalue weighted by atomic mass is 14.9. The van der Waals surface area contributed by atoms with Crippen LogP contribution in [0.1, 0.15) is 51.3 Å². The zero-order valence-electron chi connectivity index (χ0n) is 31.7. The van der Waals surface area contributed by atoms with Crippen LogP contribution in [0.5, 0.6) is 0 Å². The van der Waals surface area contributed by atoms with Crippen LogP contribution in [0.2, 0.25) is 0 Å². The van der Waals surface area contributed by atoms with Gasteiger partial charge in [-0.2, -0.15) is 0 Å². The Labute approximate surface area is 320 Å². The van der Waals surface area contributed by atoms with Crippen molar-refractivity contribution in [3.8, 4) is 55.6 Å². The third-order valence-corrected chi connectivity index (χ3v) is 11.4. The predicted molar refractivity (Wildman–Crippen MR) is 232 cm³/mol. The number of benzene rings is 8. The Hall–Kier alpha value is -6.18. The van der Waals surface area contributed by atoms with Gasteiger partial charge in [0.05, 0.1) is 0 Å². The summed E-state index contributed by atoms with van der Waals surface area (Å²) < 4.78 is 0. The lowest BCUT2D eigenvalue weighted by Crippen LogP contribution is -2.17. The molecule has 0 saturated heterocycles. The van der Waals surface area contributed by atoms with Crippen molar-refractivity contribution in [1.82, 2.24) is 0 Å². The topological polar surface area (TPSA) is 12.0 Å². The van der Waals surface area contributed by atoms with E-state index in [1.54, 1.807) is 0 Å². The van der Waals surface area contributed by atoms with E-state index in [0.717, 1.165) is 11.4 Å². The van der Waals surface area contributed by atoms with E-state index >= 15 is 0 Å². The lowest BCUT2D eigenvalue weighted by Gasteiger charge is -2.25. The van der Waals surface area contributed by atoms with Crippen molar-refractivity contribution in [2.75, 3.05) is 5.32 Å². The molecule has 0 bridgehead atoms. The Morgan fingerprint density at radius 1 is 0.407 bits per heavy atom. The number of nitrogens with one attached hydrogen (secondary N) is 1. The van der Waals surface area contributed by atoms with Crippen LogP contribution >= 0.6 is 0 Å². The van der Waals surface area contributed by atoms with Gasteiger partial charge in [-0.25, -0.2) is 0 Å². The summed E-state index contributed by atoms with van der Waals surface area (Å²) in [6.07, 6.45) is 0. The van der Waals surface area contributed by atoms with Crippen LogP contribution in [0, 0.1) is 0 Å². The maximum Gasteiger partial charge on any atom is 0.0464 e. The fourth-order valence-corrected chi connectivity index (χ4v) is 8.39. The number of fused-ring (bicyclic) bond motifs is 4. The lowest BCUT2D eigenvalue weighted by molar-refractivity contribution is 0.584. The highest BCUT2D eigenvalue weighted by Crippen LogP contribution is 2.56. The Bertz CT molecular complexity index is 2670. The Kier molecular flexibility index (Phi) is 8.12. The number of hydrogen-bond acceptors (Lipinski definition) is 1. The fourth-order valence-electron chi connectivity index (χ4n) is 8.39. The molecule has 1 aliphatic carbocycles. The average Bonchev–Trinajstić information content (AvgIpc) is 3.43. The van der Waals surface area contributed by atoms with E-state index in [-0.39, 0.29) is 10.8 Å². The van der Waals surface area contributed by atoms with Crippen LogP contribution in [-0.2, 0) is 10.8 Å². The first-order valence-electron chi connectivity index (χ1n) is 19.1. The van der Waals surface area contributed by atoms with Crippen molar-refractivity contribution < 1.29 is 0 Å². The molecular weight excluding hydrogens is 651 g/mol. The molecule has 0 heterocycles. The molecule has 0 unspecified atom stereocenters. The molecule has 0 saturated carbocycles. The Morgan fingerprint density at radius 3 is 1.83 bits per heavy atom. The maximum atomic E-state index is 3.86. The van der Waals surface area contributed by atoms with Crippen LogP contribution in [0.15, 0.2) is 176 Å².